The number of hydrogen-bond donors (Lipinski definition) is 0. The third-order valence-corrected chi connectivity index (χ3v) is 4.10. The zero-order valence-electron chi connectivity index (χ0n) is 10.5. The molecule has 0 saturated heterocycles. The number of rotatable bonds is 6. The molecule has 0 N–H and O–H groups in total. The van der Waals surface area contributed by atoms with Crippen molar-refractivity contribution >= 4 is 33.2 Å². The van der Waals surface area contributed by atoms with Crippen molar-refractivity contribution in [1.29, 1.82) is 0 Å². The summed E-state index contributed by atoms with van der Waals surface area (Å²) in [6, 6.07) is 5.66. The standard InChI is InChI=1S/C13H14BrNO3S/c1-17-7-5-15(9-10-3-2-8-19-10)13(16)11-4-6-18-12(11)14/h2-4,6,8H,5,7,9H2,1H3. The fraction of sp³-hybridized carbons (Fsp3) is 0.308. The van der Waals surface area contributed by atoms with Gasteiger partial charge in [-0.1, -0.05) is 6.07 Å². The Morgan fingerprint density at radius 1 is 1.53 bits per heavy atom. The van der Waals surface area contributed by atoms with Gasteiger partial charge in [0.15, 0.2) is 4.67 Å². The summed E-state index contributed by atoms with van der Waals surface area (Å²) >= 11 is 4.87. The van der Waals surface area contributed by atoms with E-state index in [1.54, 1.807) is 29.4 Å². The Labute approximate surface area is 124 Å². The highest BCUT2D eigenvalue weighted by Gasteiger charge is 2.20. The molecule has 0 aliphatic carbocycles. The van der Waals surface area contributed by atoms with Gasteiger partial charge in [-0.15, -0.1) is 11.3 Å². The van der Waals surface area contributed by atoms with Gasteiger partial charge in [0.2, 0.25) is 0 Å². The normalized spacial score (nSPS) is 10.6. The molecule has 2 aromatic rings. The highest BCUT2D eigenvalue weighted by atomic mass is 79.9. The van der Waals surface area contributed by atoms with Crippen LogP contribution in [0, 0.1) is 0 Å². The van der Waals surface area contributed by atoms with Gasteiger partial charge < -0.3 is 14.1 Å². The fourth-order valence-corrected chi connectivity index (χ4v) is 2.79. The maximum atomic E-state index is 12.4. The first kappa shape index (κ1) is 14.3. The van der Waals surface area contributed by atoms with E-state index in [-0.39, 0.29) is 5.91 Å². The molecule has 2 aromatic heterocycles. The maximum absolute atomic E-state index is 12.4. The topological polar surface area (TPSA) is 42.7 Å². The SMILES string of the molecule is COCCN(Cc1cccs1)C(=O)c1ccoc1Br. The number of ether oxygens (including phenoxy) is 1. The van der Waals surface area contributed by atoms with Crippen LogP contribution in [-0.2, 0) is 11.3 Å². The van der Waals surface area contributed by atoms with Gasteiger partial charge in [0.25, 0.3) is 5.91 Å². The van der Waals surface area contributed by atoms with Crippen molar-refractivity contribution in [3.63, 3.8) is 0 Å². The lowest BCUT2D eigenvalue weighted by molar-refractivity contribution is 0.0680. The number of carbonyl (C=O) groups excluding carboxylic acids is 1. The third-order valence-electron chi connectivity index (χ3n) is 2.63. The Morgan fingerprint density at radius 3 is 2.95 bits per heavy atom. The first-order valence-corrected chi connectivity index (χ1v) is 7.43. The molecule has 0 unspecified atom stereocenters. The van der Waals surface area contributed by atoms with E-state index in [2.05, 4.69) is 15.9 Å². The highest BCUT2D eigenvalue weighted by molar-refractivity contribution is 9.10. The van der Waals surface area contributed by atoms with Crippen LogP contribution in [0.2, 0.25) is 0 Å². The average Bonchev–Trinajstić information content (AvgIpc) is 3.05. The molecule has 0 aliphatic rings. The minimum atomic E-state index is -0.0638. The highest BCUT2D eigenvalue weighted by Crippen LogP contribution is 2.21. The van der Waals surface area contributed by atoms with Crippen molar-refractivity contribution in [3.05, 3.63) is 45.0 Å². The molecule has 0 spiro atoms. The molecule has 0 bridgehead atoms. The molecule has 1 amide bonds. The van der Waals surface area contributed by atoms with Crippen LogP contribution in [-0.4, -0.2) is 31.1 Å². The Morgan fingerprint density at radius 2 is 2.37 bits per heavy atom. The summed E-state index contributed by atoms with van der Waals surface area (Å²) in [5.41, 5.74) is 0.535. The second-order valence-corrected chi connectivity index (χ2v) is 5.66. The number of halogens is 1. The van der Waals surface area contributed by atoms with E-state index in [0.29, 0.717) is 29.9 Å². The lowest BCUT2D eigenvalue weighted by Crippen LogP contribution is -2.33. The van der Waals surface area contributed by atoms with E-state index < -0.39 is 0 Å². The van der Waals surface area contributed by atoms with E-state index >= 15 is 0 Å². The minimum Gasteiger partial charge on any atom is -0.457 e. The van der Waals surface area contributed by atoms with Crippen LogP contribution >= 0.6 is 27.3 Å². The summed E-state index contributed by atoms with van der Waals surface area (Å²) in [7, 11) is 1.63. The number of nitrogens with zero attached hydrogens (tertiary/aromatic N) is 1. The number of amides is 1. The molecule has 0 atom stereocenters. The number of thiophene rings is 1. The van der Waals surface area contributed by atoms with Gasteiger partial charge in [0.1, 0.15) is 0 Å². The molecular formula is C13H14BrNO3S. The van der Waals surface area contributed by atoms with Crippen molar-refractivity contribution in [2.24, 2.45) is 0 Å². The van der Waals surface area contributed by atoms with E-state index in [9.17, 15) is 4.79 Å². The molecule has 0 radical (unpaired) electrons. The van der Waals surface area contributed by atoms with Gasteiger partial charge in [0, 0.05) is 18.5 Å². The predicted molar refractivity (Wildman–Crippen MR) is 77.3 cm³/mol. The molecule has 19 heavy (non-hydrogen) atoms. The van der Waals surface area contributed by atoms with Crippen LogP contribution < -0.4 is 0 Å². The molecule has 2 rings (SSSR count). The summed E-state index contributed by atoms with van der Waals surface area (Å²) in [6.45, 7) is 1.63. The van der Waals surface area contributed by atoms with E-state index in [0.717, 1.165) is 4.88 Å². The number of furan rings is 1. The van der Waals surface area contributed by atoms with Crippen LogP contribution in [0.3, 0.4) is 0 Å². The second kappa shape index (κ2) is 6.88. The molecule has 0 fully saturated rings. The summed E-state index contributed by atoms with van der Waals surface area (Å²) in [5.74, 6) is -0.0638. The van der Waals surface area contributed by atoms with E-state index in [1.807, 2.05) is 17.5 Å². The van der Waals surface area contributed by atoms with Gasteiger partial charge >= 0.3 is 0 Å². The minimum absolute atomic E-state index is 0.0638. The summed E-state index contributed by atoms with van der Waals surface area (Å²) < 4.78 is 10.6. The zero-order chi connectivity index (χ0) is 13.7. The van der Waals surface area contributed by atoms with Gasteiger partial charge in [-0.2, -0.15) is 0 Å². The summed E-state index contributed by atoms with van der Waals surface area (Å²) in [5, 5.41) is 2.00. The van der Waals surface area contributed by atoms with Gasteiger partial charge in [-0.3, -0.25) is 4.79 Å². The van der Waals surface area contributed by atoms with Crippen LogP contribution in [0.5, 0.6) is 0 Å². The quantitative estimate of drug-likeness (QED) is 0.807. The largest absolute Gasteiger partial charge is 0.457 e. The van der Waals surface area contributed by atoms with Crippen LogP contribution in [0.15, 0.2) is 38.9 Å². The monoisotopic (exact) mass is 343 g/mol. The zero-order valence-corrected chi connectivity index (χ0v) is 12.9. The second-order valence-electron chi connectivity index (χ2n) is 3.91. The van der Waals surface area contributed by atoms with Crippen molar-refractivity contribution in [1.82, 2.24) is 4.90 Å². The Balaban J connectivity index is 2.12. The fourth-order valence-electron chi connectivity index (χ4n) is 1.66. The van der Waals surface area contributed by atoms with Crippen LogP contribution in [0.25, 0.3) is 0 Å². The lowest BCUT2D eigenvalue weighted by Gasteiger charge is -2.21. The molecule has 0 aliphatic heterocycles. The maximum Gasteiger partial charge on any atom is 0.258 e. The predicted octanol–water partition coefficient (Wildman–Crippen LogP) is 3.39. The molecule has 6 heteroatoms. The van der Waals surface area contributed by atoms with Crippen LogP contribution in [0.4, 0.5) is 0 Å². The molecule has 102 valence electrons. The molecular weight excluding hydrogens is 330 g/mol. The van der Waals surface area contributed by atoms with Crippen molar-refractivity contribution in [3.8, 4) is 0 Å². The third kappa shape index (κ3) is 3.68. The van der Waals surface area contributed by atoms with Crippen LogP contribution in [0.1, 0.15) is 15.2 Å². The summed E-state index contributed by atoms with van der Waals surface area (Å²) in [6.07, 6.45) is 1.50. The van der Waals surface area contributed by atoms with Gasteiger partial charge in [-0.25, -0.2) is 0 Å². The van der Waals surface area contributed by atoms with Crippen molar-refractivity contribution in [2.75, 3.05) is 20.3 Å². The van der Waals surface area contributed by atoms with Crippen molar-refractivity contribution < 1.29 is 13.9 Å². The molecule has 4 nitrogen and oxygen atoms in total. The number of carbonyl (C=O) groups is 1. The first-order valence-electron chi connectivity index (χ1n) is 5.76. The van der Waals surface area contributed by atoms with E-state index in [4.69, 9.17) is 9.15 Å². The Bertz CT molecular complexity index is 524. The molecule has 0 aromatic carbocycles. The lowest BCUT2D eigenvalue weighted by atomic mass is 10.3. The molecule has 0 saturated carbocycles. The smallest absolute Gasteiger partial charge is 0.258 e. The van der Waals surface area contributed by atoms with Gasteiger partial charge in [0.05, 0.1) is 25.0 Å². The Hall–Kier alpha value is -1.11. The Kier molecular flexibility index (Phi) is 5.18. The average molecular weight is 344 g/mol. The first-order chi connectivity index (χ1) is 9.22. The van der Waals surface area contributed by atoms with Crippen molar-refractivity contribution in [2.45, 2.75) is 6.54 Å². The van der Waals surface area contributed by atoms with Gasteiger partial charge in [-0.05, 0) is 33.4 Å². The number of hydrogen-bond acceptors (Lipinski definition) is 4. The number of methoxy groups -OCH3 is 1. The van der Waals surface area contributed by atoms with E-state index in [1.165, 1.54) is 6.26 Å². The summed E-state index contributed by atoms with van der Waals surface area (Å²) in [4.78, 5) is 15.3. The molecule has 2 heterocycles.